The summed E-state index contributed by atoms with van der Waals surface area (Å²) in [4.78, 5) is 21.4. The van der Waals surface area contributed by atoms with E-state index in [4.69, 9.17) is 10.5 Å². The van der Waals surface area contributed by atoms with Crippen LogP contribution in [0.4, 0.5) is 11.8 Å². The van der Waals surface area contributed by atoms with Gasteiger partial charge in [-0.2, -0.15) is 4.98 Å². The third-order valence-corrected chi connectivity index (χ3v) is 2.68. The van der Waals surface area contributed by atoms with Crippen LogP contribution in [-0.4, -0.2) is 53.6 Å². The molecule has 0 unspecified atom stereocenters. The van der Waals surface area contributed by atoms with Crippen LogP contribution in [0.3, 0.4) is 0 Å². The molecule has 0 bridgehead atoms. The molecule has 7 heteroatoms. The molecule has 1 saturated heterocycles. The maximum absolute atomic E-state index is 11.8. The lowest BCUT2D eigenvalue weighted by Crippen LogP contribution is -2.41. The van der Waals surface area contributed by atoms with E-state index in [1.165, 1.54) is 0 Å². The van der Waals surface area contributed by atoms with Gasteiger partial charge >= 0.3 is 0 Å². The Labute approximate surface area is 105 Å². The molecule has 0 atom stereocenters. The lowest BCUT2D eigenvalue weighted by molar-refractivity contribution is -0.134. The standard InChI is InChI=1S/C11H17N5O2/c12-11-14-3-1-9(15-11)13-4-2-10(17)16-5-7-18-8-6-16/h1,3H,2,4-8H2,(H3,12,13,14,15). The van der Waals surface area contributed by atoms with Crippen LogP contribution in [0.5, 0.6) is 0 Å². The quantitative estimate of drug-likeness (QED) is 0.764. The second-order valence-electron chi connectivity index (χ2n) is 3.97. The van der Waals surface area contributed by atoms with E-state index >= 15 is 0 Å². The number of carbonyl (C=O) groups excluding carboxylic acids is 1. The van der Waals surface area contributed by atoms with Crippen LogP contribution in [0, 0.1) is 0 Å². The number of rotatable bonds is 4. The lowest BCUT2D eigenvalue weighted by Gasteiger charge is -2.26. The first kappa shape index (κ1) is 12.6. The highest BCUT2D eigenvalue weighted by Crippen LogP contribution is 2.04. The molecule has 1 aromatic rings. The molecule has 18 heavy (non-hydrogen) atoms. The van der Waals surface area contributed by atoms with Gasteiger partial charge in [-0.25, -0.2) is 4.98 Å². The summed E-state index contributed by atoms with van der Waals surface area (Å²) in [6.07, 6.45) is 2.01. The van der Waals surface area contributed by atoms with Crippen molar-refractivity contribution in [3.8, 4) is 0 Å². The Balaban J connectivity index is 1.73. The monoisotopic (exact) mass is 251 g/mol. The molecule has 1 aliphatic rings. The predicted octanol–water partition coefficient (Wildman–Crippen LogP) is -0.280. The molecule has 1 fully saturated rings. The molecule has 0 spiro atoms. The highest BCUT2D eigenvalue weighted by Gasteiger charge is 2.15. The smallest absolute Gasteiger partial charge is 0.224 e. The summed E-state index contributed by atoms with van der Waals surface area (Å²) in [6.45, 7) is 3.15. The van der Waals surface area contributed by atoms with Crippen LogP contribution in [0.15, 0.2) is 12.3 Å². The summed E-state index contributed by atoms with van der Waals surface area (Å²) in [7, 11) is 0. The van der Waals surface area contributed by atoms with Gasteiger partial charge in [0, 0.05) is 32.3 Å². The first-order valence-electron chi connectivity index (χ1n) is 5.93. The summed E-state index contributed by atoms with van der Waals surface area (Å²) in [5.41, 5.74) is 5.46. The number of nitrogens with one attached hydrogen (secondary N) is 1. The molecule has 0 aromatic carbocycles. The van der Waals surface area contributed by atoms with Crippen LogP contribution < -0.4 is 11.1 Å². The first-order chi connectivity index (χ1) is 8.75. The molecule has 98 valence electrons. The van der Waals surface area contributed by atoms with Crippen LogP contribution >= 0.6 is 0 Å². The Hall–Kier alpha value is -1.89. The number of ether oxygens (including phenoxy) is 1. The fourth-order valence-corrected chi connectivity index (χ4v) is 1.74. The van der Waals surface area contributed by atoms with Crippen molar-refractivity contribution in [2.45, 2.75) is 6.42 Å². The molecule has 1 aliphatic heterocycles. The van der Waals surface area contributed by atoms with Crippen LogP contribution in [0.1, 0.15) is 6.42 Å². The van der Waals surface area contributed by atoms with E-state index in [1.54, 1.807) is 12.3 Å². The lowest BCUT2D eigenvalue weighted by atomic mass is 10.3. The zero-order chi connectivity index (χ0) is 12.8. The molecular weight excluding hydrogens is 234 g/mol. The third-order valence-electron chi connectivity index (χ3n) is 2.68. The largest absolute Gasteiger partial charge is 0.378 e. The summed E-state index contributed by atoms with van der Waals surface area (Å²) >= 11 is 0. The SMILES string of the molecule is Nc1nccc(NCCC(=O)N2CCOCC2)n1. The van der Waals surface area contributed by atoms with Gasteiger partial charge < -0.3 is 20.7 Å². The first-order valence-corrected chi connectivity index (χ1v) is 5.93. The maximum Gasteiger partial charge on any atom is 0.224 e. The molecule has 7 nitrogen and oxygen atoms in total. The van der Waals surface area contributed by atoms with Crippen molar-refractivity contribution >= 4 is 17.7 Å². The molecule has 0 aliphatic carbocycles. The third kappa shape index (κ3) is 3.56. The van der Waals surface area contributed by atoms with E-state index in [0.717, 1.165) is 0 Å². The van der Waals surface area contributed by atoms with Crippen molar-refractivity contribution in [2.75, 3.05) is 43.9 Å². The fourth-order valence-electron chi connectivity index (χ4n) is 1.74. The second-order valence-corrected chi connectivity index (χ2v) is 3.97. The van der Waals surface area contributed by atoms with Gasteiger partial charge in [-0.05, 0) is 6.07 Å². The highest BCUT2D eigenvalue weighted by atomic mass is 16.5. The van der Waals surface area contributed by atoms with E-state index in [-0.39, 0.29) is 11.9 Å². The number of hydrogen-bond acceptors (Lipinski definition) is 6. The Morgan fingerprint density at radius 3 is 3.00 bits per heavy atom. The van der Waals surface area contributed by atoms with E-state index in [2.05, 4.69) is 15.3 Å². The number of carbonyl (C=O) groups is 1. The van der Waals surface area contributed by atoms with Crippen molar-refractivity contribution in [3.05, 3.63) is 12.3 Å². The van der Waals surface area contributed by atoms with Crippen molar-refractivity contribution < 1.29 is 9.53 Å². The Kier molecular flexibility index (Phi) is 4.30. The number of amides is 1. The van der Waals surface area contributed by atoms with Crippen molar-refractivity contribution in [2.24, 2.45) is 0 Å². The van der Waals surface area contributed by atoms with Gasteiger partial charge in [0.2, 0.25) is 11.9 Å². The minimum Gasteiger partial charge on any atom is -0.378 e. The minimum absolute atomic E-state index is 0.132. The van der Waals surface area contributed by atoms with Crippen LogP contribution in [-0.2, 0) is 9.53 Å². The zero-order valence-corrected chi connectivity index (χ0v) is 10.1. The number of nitrogens with zero attached hydrogens (tertiary/aromatic N) is 3. The molecule has 3 N–H and O–H groups in total. The Morgan fingerprint density at radius 2 is 2.28 bits per heavy atom. The van der Waals surface area contributed by atoms with E-state index in [1.807, 2.05) is 4.90 Å². The van der Waals surface area contributed by atoms with Gasteiger partial charge in [-0.3, -0.25) is 4.79 Å². The average molecular weight is 251 g/mol. The normalized spacial score (nSPS) is 15.4. The predicted molar refractivity (Wildman–Crippen MR) is 67.0 cm³/mol. The topological polar surface area (TPSA) is 93.4 Å². The summed E-state index contributed by atoms with van der Waals surface area (Å²) in [5.74, 6) is 0.990. The van der Waals surface area contributed by atoms with Gasteiger partial charge in [0.15, 0.2) is 0 Å². The molecular formula is C11H17N5O2. The average Bonchev–Trinajstić information content (AvgIpc) is 2.40. The fraction of sp³-hybridized carbons (Fsp3) is 0.545. The van der Waals surface area contributed by atoms with Gasteiger partial charge in [-0.1, -0.05) is 0 Å². The number of nitrogens with two attached hydrogens (primary N) is 1. The van der Waals surface area contributed by atoms with Gasteiger partial charge in [0.25, 0.3) is 0 Å². The molecule has 0 radical (unpaired) electrons. The maximum atomic E-state index is 11.8. The number of hydrogen-bond donors (Lipinski definition) is 2. The highest BCUT2D eigenvalue weighted by molar-refractivity contribution is 5.76. The van der Waals surface area contributed by atoms with E-state index in [0.29, 0.717) is 45.1 Å². The summed E-state index contributed by atoms with van der Waals surface area (Å²) in [6, 6.07) is 1.72. The van der Waals surface area contributed by atoms with Gasteiger partial charge in [0.05, 0.1) is 13.2 Å². The Bertz CT molecular complexity index is 406. The van der Waals surface area contributed by atoms with Crippen molar-refractivity contribution in [1.29, 1.82) is 0 Å². The van der Waals surface area contributed by atoms with E-state index < -0.39 is 0 Å². The molecule has 1 amide bonds. The number of aromatic nitrogens is 2. The van der Waals surface area contributed by atoms with Crippen LogP contribution in [0.2, 0.25) is 0 Å². The number of morpholine rings is 1. The number of nitrogen functional groups attached to an aromatic ring is 1. The molecule has 1 aromatic heterocycles. The molecule has 2 heterocycles. The van der Waals surface area contributed by atoms with Gasteiger partial charge in [0.1, 0.15) is 5.82 Å². The Morgan fingerprint density at radius 1 is 1.50 bits per heavy atom. The molecule has 0 saturated carbocycles. The van der Waals surface area contributed by atoms with Crippen molar-refractivity contribution in [1.82, 2.24) is 14.9 Å². The summed E-state index contributed by atoms with van der Waals surface area (Å²) in [5, 5.41) is 3.05. The molecule has 2 rings (SSSR count). The van der Waals surface area contributed by atoms with Gasteiger partial charge in [-0.15, -0.1) is 0 Å². The second kappa shape index (κ2) is 6.15. The minimum atomic E-state index is 0.132. The van der Waals surface area contributed by atoms with E-state index in [9.17, 15) is 4.79 Å². The number of anilines is 2. The van der Waals surface area contributed by atoms with Crippen molar-refractivity contribution in [3.63, 3.8) is 0 Å². The van der Waals surface area contributed by atoms with Crippen LogP contribution in [0.25, 0.3) is 0 Å². The zero-order valence-electron chi connectivity index (χ0n) is 10.1. The summed E-state index contributed by atoms with van der Waals surface area (Å²) < 4.78 is 5.20.